The lowest BCUT2D eigenvalue weighted by atomic mass is 9.85. The van der Waals surface area contributed by atoms with E-state index in [2.05, 4.69) is 4.72 Å². The van der Waals surface area contributed by atoms with Gasteiger partial charge in [0.2, 0.25) is 10.0 Å². The van der Waals surface area contributed by atoms with Gasteiger partial charge in [-0.15, -0.1) is 11.3 Å². The first kappa shape index (κ1) is 15.0. The van der Waals surface area contributed by atoms with E-state index in [4.69, 9.17) is 0 Å². The number of aliphatic hydroxyl groups is 1. The van der Waals surface area contributed by atoms with E-state index in [9.17, 15) is 13.5 Å². The van der Waals surface area contributed by atoms with E-state index in [0.717, 1.165) is 29.0 Å². The van der Waals surface area contributed by atoms with Crippen LogP contribution in [0.3, 0.4) is 0 Å². The summed E-state index contributed by atoms with van der Waals surface area (Å²) >= 11 is 1.47. The monoisotopic (exact) mass is 303 g/mol. The lowest BCUT2D eigenvalue weighted by Gasteiger charge is -2.32. The summed E-state index contributed by atoms with van der Waals surface area (Å²) < 4.78 is 27.0. The Morgan fingerprint density at radius 1 is 1.32 bits per heavy atom. The van der Waals surface area contributed by atoms with Crippen LogP contribution < -0.4 is 4.72 Å². The van der Waals surface area contributed by atoms with Gasteiger partial charge in [-0.05, 0) is 32.8 Å². The zero-order valence-electron chi connectivity index (χ0n) is 11.4. The molecule has 0 aliphatic heterocycles. The second-order valence-corrected chi connectivity index (χ2v) is 8.58. The fourth-order valence-electron chi connectivity index (χ4n) is 2.57. The minimum absolute atomic E-state index is 0.115. The summed E-state index contributed by atoms with van der Waals surface area (Å²) in [5, 5.41) is 10.3. The predicted molar refractivity (Wildman–Crippen MR) is 77.0 cm³/mol. The molecule has 6 heteroatoms. The van der Waals surface area contributed by atoms with Crippen molar-refractivity contribution in [2.24, 2.45) is 0 Å². The van der Waals surface area contributed by atoms with Crippen molar-refractivity contribution in [3.63, 3.8) is 0 Å². The van der Waals surface area contributed by atoms with Crippen LogP contribution in [0.4, 0.5) is 0 Å². The fraction of sp³-hybridized carbons (Fsp3) is 0.692. The summed E-state index contributed by atoms with van der Waals surface area (Å²) in [6.45, 7) is 3.82. The van der Waals surface area contributed by atoms with Gasteiger partial charge in [0.25, 0.3) is 0 Å². The smallest absolute Gasteiger partial charge is 0.241 e. The number of nitrogens with one attached hydrogen (secondary N) is 1. The molecule has 2 N–H and O–H groups in total. The van der Waals surface area contributed by atoms with E-state index < -0.39 is 15.6 Å². The third kappa shape index (κ3) is 3.56. The molecule has 0 atom stereocenters. The molecule has 1 heterocycles. The third-order valence-corrected chi connectivity index (χ3v) is 6.28. The molecule has 1 fully saturated rings. The van der Waals surface area contributed by atoms with Gasteiger partial charge in [0.05, 0.1) is 10.5 Å². The van der Waals surface area contributed by atoms with Crippen molar-refractivity contribution in [2.75, 3.05) is 6.54 Å². The van der Waals surface area contributed by atoms with Gasteiger partial charge in [0.15, 0.2) is 0 Å². The predicted octanol–water partition coefficient (Wildman–Crippen LogP) is 2.34. The van der Waals surface area contributed by atoms with E-state index in [0.29, 0.717) is 17.7 Å². The first-order valence-electron chi connectivity index (χ1n) is 6.62. The Hall–Kier alpha value is -0.430. The molecule has 19 heavy (non-hydrogen) atoms. The second kappa shape index (κ2) is 5.52. The standard InChI is InChI=1S/C13H21NO3S2/c1-10-8-12(11(2)18-10)19(16,17)14-9-13(15)6-4-3-5-7-13/h8,14-15H,3-7,9H2,1-2H3. The van der Waals surface area contributed by atoms with Crippen molar-refractivity contribution in [1.82, 2.24) is 4.72 Å². The fourth-order valence-corrected chi connectivity index (χ4v) is 5.24. The van der Waals surface area contributed by atoms with Gasteiger partial charge in [-0.1, -0.05) is 19.3 Å². The molecule has 0 aromatic carbocycles. The van der Waals surface area contributed by atoms with Gasteiger partial charge in [0.1, 0.15) is 0 Å². The molecule has 1 aliphatic carbocycles. The Bertz CT molecular complexity index is 542. The SMILES string of the molecule is Cc1cc(S(=O)(=O)NCC2(O)CCCCC2)c(C)s1. The minimum Gasteiger partial charge on any atom is -0.389 e. The van der Waals surface area contributed by atoms with Gasteiger partial charge < -0.3 is 5.11 Å². The van der Waals surface area contributed by atoms with Crippen molar-refractivity contribution in [1.29, 1.82) is 0 Å². The van der Waals surface area contributed by atoms with Crippen LogP contribution >= 0.6 is 11.3 Å². The number of sulfonamides is 1. The molecule has 0 amide bonds. The van der Waals surface area contributed by atoms with Crippen LogP contribution in [0.2, 0.25) is 0 Å². The highest BCUT2D eigenvalue weighted by Gasteiger charge is 2.31. The summed E-state index contributed by atoms with van der Waals surface area (Å²) in [5.74, 6) is 0. The molecule has 1 aromatic rings. The van der Waals surface area contributed by atoms with E-state index in [1.165, 1.54) is 11.3 Å². The lowest BCUT2D eigenvalue weighted by molar-refractivity contribution is 0.00945. The van der Waals surface area contributed by atoms with Crippen LogP contribution in [0, 0.1) is 13.8 Å². The average molecular weight is 303 g/mol. The molecular weight excluding hydrogens is 282 g/mol. The zero-order chi connectivity index (χ0) is 14.1. The number of aryl methyl sites for hydroxylation is 2. The maximum absolute atomic E-state index is 12.2. The number of thiophene rings is 1. The Kier molecular flexibility index (Phi) is 4.35. The molecule has 2 rings (SSSR count). The highest BCUT2D eigenvalue weighted by molar-refractivity contribution is 7.89. The first-order valence-corrected chi connectivity index (χ1v) is 8.91. The van der Waals surface area contributed by atoms with Crippen molar-refractivity contribution < 1.29 is 13.5 Å². The number of rotatable bonds is 4. The third-order valence-electron chi connectivity index (χ3n) is 3.66. The van der Waals surface area contributed by atoms with Crippen LogP contribution in [-0.2, 0) is 10.0 Å². The van der Waals surface area contributed by atoms with Crippen molar-refractivity contribution in [3.05, 3.63) is 15.8 Å². The molecule has 1 aromatic heterocycles. The summed E-state index contributed by atoms with van der Waals surface area (Å²) in [6.07, 6.45) is 4.41. The van der Waals surface area contributed by atoms with E-state index in [1.807, 2.05) is 13.8 Å². The van der Waals surface area contributed by atoms with Gasteiger partial charge >= 0.3 is 0 Å². The topological polar surface area (TPSA) is 66.4 Å². The molecule has 0 radical (unpaired) electrons. The van der Waals surface area contributed by atoms with Gasteiger partial charge in [0, 0.05) is 16.3 Å². The van der Waals surface area contributed by atoms with Crippen molar-refractivity contribution in [2.45, 2.75) is 56.4 Å². The summed E-state index contributed by atoms with van der Waals surface area (Å²) in [5.41, 5.74) is -0.871. The van der Waals surface area contributed by atoms with Crippen LogP contribution in [0.5, 0.6) is 0 Å². The quantitative estimate of drug-likeness (QED) is 0.897. The van der Waals surface area contributed by atoms with Crippen LogP contribution in [-0.4, -0.2) is 25.7 Å². The number of hydrogen-bond acceptors (Lipinski definition) is 4. The Morgan fingerprint density at radius 2 is 1.95 bits per heavy atom. The van der Waals surface area contributed by atoms with Crippen LogP contribution in [0.1, 0.15) is 41.9 Å². The Labute approximate surface area is 118 Å². The molecule has 0 unspecified atom stereocenters. The summed E-state index contributed by atoms with van der Waals surface area (Å²) in [7, 11) is -3.51. The summed E-state index contributed by atoms with van der Waals surface area (Å²) in [6, 6.07) is 1.69. The highest BCUT2D eigenvalue weighted by Crippen LogP contribution is 2.29. The van der Waals surface area contributed by atoms with Crippen LogP contribution in [0.25, 0.3) is 0 Å². The van der Waals surface area contributed by atoms with Crippen molar-refractivity contribution >= 4 is 21.4 Å². The number of hydrogen-bond donors (Lipinski definition) is 2. The molecule has 0 spiro atoms. The molecule has 1 saturated carbocycles. The van der Waals surface area contributed by atoms with Gasteiger partial charge in [-0.3, -0.25) is 0 Å². The van der Waals surface area contributed by atoms with E-state index in [-0.39, 0.29) is 6.54 Å². The zero-order valence-corrected chi connectivity index (χ0v) is 13.0. The normalized spacial score (nSPS) is 19.5. The first-order chi connectivity index (χ1) is 8.82. The Balaban J connectivity index is 2.07. The highest BCUT2D eigenvalue weighted by atomic mass is 32.2. The van der Waals surface area contributed by atoms with Crippen molar-refractivity contribution in [3.8, 4) is 0 Å². The van der Waals surface area contributed by atoms with E-state index >= 15 is 0 Å². The van der Waals surface area contributed by atoms with Crippen LogP contribution in [0.15, 0.2) is 11.0 Å². The maximum Gasteiger partial charge on any atom is 0.241 e. The van der Waals surface area contributed by atoms with E-state index in [1.54, 1.807) is 6.07 Å². The largest absolute Gasteiger partial charge is 0.389 e. The molecule has 1 aliphatic rings. The van der Waals surface area contributed by atoms with Gasteiger partial charge in [-0.25, -0.2) is 13.1 Å². The second-order valence-electron chi connectivity index (χ2n) is 5.39. The molecule has 0 bridgehead atoms. The average Bonchev–Trinajstić information content (AvgIpc) is 2.68. The minimum atomic E-state index is -3.51. The molecule has 4 nitrogen and oxygen atoms in total. The molecular formula is C13H21NO3S2. The molecule has 108 valence electrons. The summed E-state index contributed by atoms with van der Waals surface area (Å²) in [4.78, 5) is 2.12. The van der Waals surface area contributed by atoms with Gasteiger partial charge in [-0.2, -0.15) is 0 Å². The lowest BCUT2D eigenvalue weighted by Crippen LogP contribution is -2.44. The Morgan fingerprint density at radius 3 is 2.47 bits per heavy atom. The maximum atomic E-state index is 12.2. The molecule has 0 saturated heterocycles.